The second-order valence-electron chi connectivity index (χ2n) is 5.77. The highest BCUT2D eigenvalue weighted by atomic mass is 16.1. The molecule has 2 aromatic rings. The summed E-state index contributed by atoms with van der Waals surface area (Å²) in [6.07, 6.45) is 7.27. The number of benzene rings is 1. The maximum Gasteiger partial charge on any atom is 0.248 e. The Bertz CT molecular complexity index is 606. The van der Waals surface area contributed by atoms with E-state index in [4.69, 9.17) is 5.73 Å². The molecule has 3 rings (SSSR count). The molecule has 1 aliphatic rings. The first kappa shape index (κ1) is 12.3. The number of amides is 1. The Morgan fingerprint density at radius 2 is 1.95 bits per heavy atom. The summed E-state index contributed by atoms with van der Waals surface area (Å²) in [4.78, 5) is 11.2. The smallest absolute Gasteiger partial charge is 0.248 e. The molecule has 2 N–H and O–H groups in total. The average Bonchev–Trinajstić information content (AvgIpc) is 2.82. The molecule has 0 atom stereocenters. The summed E-state index contributed by atoms with van der Waals surface area (Å²) in [6, 6.07) is 8.42. The number of primary amides is 1. The molecule has 1 aromatic carbocycles. The lowest BCUT2D eigenvalue weighted by Crippen LogP contribution is -2.16. The topological polar surface area (TPSA) is 48.0 Å². The number of carbonyl (C=O) groups is 1. The van der Waals surface area contributed by atoms with Gasteiger partial charge >= 0.3 is 0 Å². The predicted octanol–water partition coefficient (Wildman–Crippen LogP) is 3.49. The minimum Gasteiger partial charge on any atom is -0.366 e. The van der Waals surface area contributed by atoms with Crippen molar-refractivity contribution in [1.29, 1.82) is 0 Å². The van der Waals surface area contributed by atoms with E-state index in [1.165, 1.54) is 31.2 Å². The van der Waals surface area contributed by atoms with Crippen LogP contribution in [0.4, 0.5) is 0 Å². The van der Waals surface area contributed by atoms with Crippen LogP contribution < -0.4 is 5.73 Å². The first-order valence-corrected chi connectivity index (χ1v) is 7.05. The molecule has 1 heterocycles. The predicted molar refractivity (Wildman–Crippen MR) is 77.1 cm³/mol. The van der Waals surface area contributed by atoms with E-state index < -0.39 is 0 Å². The fourth-order valence-corrected chi connectivity index (χ4v) is 3.16. The number of hydrogen-bond acceptors (Lipinski definition) is 1. The molecule has 3 nitrogen and oxygen atoms in total. The van der Waals surface area contributed by atoms with Crippen molar-refractivity contribution < 1.29 is 4.79 Å². The molecular formula is C16H20N2O. The Morgan fingerprint density at radius 1 is 1.21 bits per heavy atom. The molecule has 19 heavy (non-hydrogen) atoms. The molecule has 3 heteroatoms. The summed E-state index contributed by atoms with van der Waals surface area (Å²) < 4.78 is 2.37. The molecular weight excluding hydrogens is 236 g/mol. The third-order valence-corrected chi connectivity index (χ3v) is 4.38. The SMILES string of the molecule is CC1CCC(n2ccc3cc(C(N)=O)ccc32)CC1. The quantitative estimate of drug-likeness (QED) is 0.878. The van der Waals surface area contributed by atoms with Crippen LogP contribution in [0, 0.1) is 5.92 Å². The summed E-state index contributed by atoms with van der Waals surface area (Å²) in [5.41, 5.74) is 7.12. The molecule has 100 valence electrons. The van der Waals surface area contributed by atoms with Crippen LogP contribution in [0.2, 0.25) is 0 Å². The lowest BCUT2D eigenvalue weighted by Gasteiger charge is -2.28. The van der Waals surface area contributed by atoms with E-state index in [-0.39, 0.29) is 5.91 Å². The third kappa shape index (κ3) is 2.25. The highest BCUT2D eigenvalue weighted by Gasteiger charge is 2.20. The van der Waals surface area contributed by atoms with E-state index >= 15 is 0 Å². The van der Waals surface area contributed by atoms with Crippen LogP contribution in [-0.4, -0.2) is 10.5 Å². The van der Waals surface area contributed by atoms with Crippen molar-refractivity contribution in [3.8, 4) is 0 Å². The van der Waals surface area contributed by atoms with E-state index in [1.54, 1.807) is 0 Å². The molecule has 1 fully saturated rings. The van der Waals surface area contributed by atoms with Gasteiger partial charge in [0.2, 0.25) is 5.91 Å². The average molecular weight is 256 g/mol. The van der Waals surface area contributed by atoms with Crippen LogP contribution in [0.15, 0.2) is 30.5 Å². The fourth-order valence-electron chi connectivity index (χ4n) is 3.16. The molecule has 0 spiro atoms. The van der Waals surface area contributed by atoms with Gasteiger partial charge in [0.25, 0.3) is 0 Å². The maximum absolute atomic E-state index is 11.2. The van der Waals surface area contributed by atoms with Crippen LogP contribution in [0.25, 0.3) is 10.9 Å². The van der Waals surface area contributed by atoms with Gasteiger partial charge in [-0.3, -0.25) is 4.79 Å². The van der Waals surface area contributed by atoms with E-state index in [9.17, 15) is 4.79 Å². The zero-order chi connectivity index (χ0) is 13.4. The highest BCUT2D eigenvalue weighted by Crippen LogP contribution is 2.34. The highest BCUT2D eigenvalue weighted by molar-refractivity contribution is 5.97. The van der Waals surface area contributed by atoms with E-state index in [0.717, 1.165) is 11.3 Å². The Kier molecular flexibility index (Phi) is 3.05. The Morgan fingerprint density at radius 3 is 2.63 bits per heavy atom. The van der Waals surface area contributed by atoms with Crippen molar-refractivity contribution in [3.63, 3.8) is 0 Å². The van der Waals surface area contributed by atoms with Crippen LogP contribution in [0.5, 0.6) is 0 Å². The normalized spacial score (nSPS) is 23.6. The number of rotatable bonds is 2. The standard InChI is InChI=1S/C16H20N2O/c1-11-2-5-14(6-3-11)18-9-8-12-10-13(16(17)19)4-7-15(12)18/h4,7-11,14H,2-3,5-6H2,1H3,(H2,17,19). The van der Waals surface area contributed by atoms with Crippen molar-refractivity contribution in [2.24, 2.45) is 11.7 Å². The maximum atomic E-state index is 11.2. The molecule has 1 aliphatic carbocycles. The summed E-state index contributed by atoms with van der Waals surface area (Å²) in [7, 11) is 0. The van der Waals surface area contributed by atoms with E-state index in [0.29, 0.717) is 11.6 Å². The van der Waals surface area contributed by atoms with E-state index in [2.05, 4.69) is 23.8 Å². The second kappa shape index (κ2) is 4.72. The molecule has 1 amide bonds. The first-order valence-electron chi connectivity index (χ1n) is 7.05. The minimum atomic E-state index is -0.360. The van der Waals surface area contributed by atoms with Crippen LogP contribution in [0.1, 0.15) is 49.0 Å². The number of aromatic nitrogens is 1. The zero-order valence-corrected chi connectivity index (χ0v) is 11.3. The Labute approximate surface area is 113 Å². The van der Waals surface area contributed by atoms with Gasteiger partial charge in [-0.25, -0.2) is 0 Å². The van der Waals surface area contributed by atoms with Crippen LogP contribution in [0.3, 0.4) is 0 Å². The Hall–Kier alpha value is -1.77. The Balaban J connectivity index is 1.95. The number of carbonyl (C=O) groups excluding carboxylic acids is 1. The number of nitrogens with zero attached hydrogens (tertiary/aromatic N) is 1. The summed E-state index contributed by atoms with van der Waals surface area (Å²) in [5, 5.41) is 1.11. The van der Waals surface area contributed by atoms with Crippen LogP contribution >= 0.6 is 0 Å². The lowest BCUT2D eigenvalue weighted by molar-refractivity contribution is 0.100. The summed E-state index contributed by atoms with van der Waals surface area (Å²) in [5.74, 6) is 0.501. The number of hydrogen-bond donors (Lipinski definition) is 1. The molecule has 1 aromatic heterocycles. The number of fused-ring (bicyclic) bond motifs is 1. The summed E-state index contributed by atoms with van der Waals surface area (Å²) >= 11 is 0. The van der Waals surface area contributed by atoms with Gasteiger partial charge in [-0.15, -0.1) is 0 Å². The van der Waals surface area contributed by atoms with E-state index in [1.807, 2.05) is 18.2 Å². The summed E-state index contributed by atoms with van der Waals surface area (Å²) in [6.45, 7) is 2.34. The van der Waals surface area contributed by atoms with Gasteiger partial charge in [-0.2, -0.15) is 0 Å². The van der Waals surface area contributed by atoms with Crippen molar-refractivity contribution in [3.05, 3.63) is 36.0 Å². The molecule has 0 aliphatic heterocycles. The zero-order valence-electron chi connectivity index (χ0n) is 11.3. The van der Waals surface area contributed by atoms with Gasteiger partial charge in [0.05, 0.1) is 0 Å². The molecule has 0 bridgehead atoms. The molecule has 0 radical (unpaired) electrons. The van der Waals surface area contributed by atoms with Crippen molar-refractivity contribution in [2.75, 3.05) is 0 Å². The van der Waals surface area contributed by atoms with Gasteiger partial charge in [-0.05, 0) is 55.9 Å². The minimum absolute atomic E-state index is 0.360. The van der Waals surface area contributed by atoms with Crippen LogP contribution in [-0.2, 0) is 0 Å². The second-order valence-corrected chi connectivity index (χ2v) is 5.77. The van der Waals surface area contributed by atoms with Crippen molar-refractivity contribution in [2.45, 2.75) is 38.6 Å². The van der Waals surface area contributed by atoms with Gasteiger partial charge in [0.15, 0.2) is 0 Å². The van der Waals surface area contributed by atoms with Crippen molar-refractivity contribution >= 4 is 16.8 Å². The molecule has 1 saturated carbocycles. The lowest BCUT2D eigenvalue weighted by atomic mass is 9.87. The van der Waals surface area contributed by atoms with Gasteiger partial charge in [0.1, 0.15) is 0 Å². The third-order valence-electron chi connectivity index (χ3n) is 4.38. The molecule has 0 saturated heterocycles. The fraction of sp³-hybridized carbons (Fsp3) is 0.438. The number of nitrogens with two attached hydrogens (primary N) is 1. The monoisotopic (exact) mass is 256 g/mol. The largest absolute Gasteiger partial charge is 0.366 e. The van der Waals surface area contributed by atoms with Gasteiger partial charge in [0, 0.05) is 28.7 Å². The molecule has 0 unspecified atom stereocenters. The van der Waals surface area contributed by atoms with Gasteiger partial charge in [-0.1, -0.05) is 6.92 Å². The first-order chi connectivity index (χ1) is 9.15. The van der Waals surface area contributed by atoms with Crippen molar-refractivity contribution in [1.82, 2.24) is 4.57 Å². The van der Waals surface area contributed by atoms with Gasteiger partial charge < -0.3 is 10.3 Å².